The Morgan fingerprint density at radius 2 is 1.68 bits per heavy atom. The van der Waals surface area contributed by atoms with Gasteiger partial charge in [0.25, 0.3) is 5.91 Å². The van der Waals surface area contributed by atoms with Gasteiger partial charge in [0.05, 0.1) is 5.70 Å². The summed E-state index contributed by atoms with van der Waals surface area (Å²) in [5, 5.41) is 4.15. The molecular weight excluding hydrogens is 321 g/mol. The molecule has 22 heavy (non-hydrogen) atoms. The van der Waals surface area contributed by atoms with Gasteiger partial charge in [-0.25, -0.2) is 5.32 Å². The summed E-state index contributed by atoms with van der Waals surface area (Å²) in [7, 11) is 2.15. The second-order valence-electron chi connectivity index (χ2n) is 5.32. The van der Waals surface area contributed by atoms with Crippen molar-refractivity contribution in [1.29, 1.82) is 0 Å². The molecule has 3 rings (SSSR count). The number of hydrogen-bond donors (Lipinski definition) is 0. The number of likely N-dealkylation sites (N-methyl/N-ethyl adjacent to an activating group) is 1. The Balaban J connectivity index is 0.00000176. The van der Waals surface area contributed by atoms with Gasteiger partial charge in [0.15, 0.2) is 0 Å². The number of rotatable bonds is 2. The van der Waals surface area contributed by atoms with Gasteiger partial charge in [-0.1, -0.05) is 23.7 Å². The molecule has 6 heteroatoms. The van der Waals surface area contributed by atoms with Gasteiger partial charge in [-0.15, -0.1) is 12.4 Å². The van der Waals surface area contributed by atoms with Crippen molar-refractivity contribution in [1.82, 2.24) is 10.2 Å². The van der Waals surface area contributed by atoms with Crippen molar-refractivity contribution in [2.75, 3.05) is 38.1 Å². The van der Waals surface area contributed by atoms with Crippen molar-refractivity contribution in [2.24, 2.45) is 0 Å². The molecule has 0 saturated carbocycles. The van der Waals surface area contributed by atoms with Crippen LogP contribution in [0.3, 0.4) is 0 Å². The van der Waals surface area contributed by atoms with E-state index < -0.39 is 0 Å². The van der Waals surface area contributed by atoms with Crippen LogP contribution in [0.5, 0.6) is 0 Å². The fourth-order valence-corrected chi connectivity index (χ4v) is 2.60. The predicted octanol–water partition coefficient (Wildman–Crippen LogP) is 2.47. The summed E-state index contributed by atoms with van der Waals surface area (Å²) in [5.41, 5.74) is 2.80. The Morgan fingerprint density at radius 3 is 2.27 bits per heavy atom. The molecule has 4 nitrogen and oxygen atoms in total. The molecule has 1 aromatic rings. The minimum Gasteiger partial charge on any atom is -0.369 e. The molecule has 1 amide bonds. The molecule has 0 aliphatic carbocycles. The van der Waals surface area contributed by atoms with Crippen LogP contribution in [0.1, 0.15) is 5.56 Å². The zero-order valence-corrected chi connectivity index (χ0v) is 13.9. The summed E-state index contributed by atoms with van der Waals surface area (Å²) < 4.78 is 0. The molecule has 0 atom stereocenters. The molecule has 2 aliphatic rings. The van der Waals surface area contributed by atoms with E-state index in [1.807, 2.05) is 12.1 Å². The Hall–Kier alpha value is -1.49. The summed E-state index contributed by atoms with van der Waals surface area (Å²) in [6.07, 6.45) is 3.37. The lowest BCUT2D eigenvalue weighted by Crippen LogP contribution is -2.44. The number of allylic oxidation sites excluding steroid dienone is 2. The van der Waals surface area contributed by atoms with Crippen molar-refractivity contribution in [3.63, 3.8) is 0 Å². The van der Waals surface area contributed by atoms with Gasteiger partial charge in [0.1, 0.15) is 5.03 Å². The highest BCUT2D eigenvalue weighted by molar-refractivity contribution is 6.43. The number of amides is 1. The topological polar surface area (TPSA) is 37.7 Å². The Kier molecular flexibility index (Phi) is 5.51. The minimum absolute atomic E-state index is 0. The van der Waals surface area contributed by atoms with Crippen molar-refractivity contribution >= 4 is 41.3 Å². The van der Waals surface area contributed by atoms with Crippen LogP contribution in [0.2, 0.25) is 0 Å². The summed E-state index contributed by atoms with van der Waals surface area (Å²) in [4.78, 5) is 16.2. The number of piperazine rings is 1. The predicted molar refractivity (Wildman–Crippen MR) is 92.5 cm³/mol. The van der Waals surface area contributed by atoms with E-state index in [9.17, 15) is 4.79 Å². The SMILES string of the molecule is CN1CCN(c2ccc(C3=CC=C(Cl)C(=O)[N]3)cc2)CC1.Cl. The molecule has 1 aromatic carbocycles. The summed E-state index contributed by atoms with van der Waals surface area (Å²) in [5.74, 6) is -0.377. The lowest BCUT2D eigenvalue weighted by molar-refractivity contribution is -0.116. The molecule has 0 unspecified atom stereocenters. The molecule has 0 N–H and O–H groups in total. The molecule has 1 radical (unpaired) electrons. The van der Waals surface area contributed by atoms with E-state index in [4.69, 9.17) is 11.6 Å². The Bertz CT molecular complexity index is 602. The number of carbonyl (C=O) groups is 1. The quantitative estimate of drug-likeness (QED) is 0.831. The highest BCUT2D eigenvalue weighted by Crippen LogP contribution is 2.23. The maximum atomic E-state index is 11.5. The first-order chi connectivity index (χ1) is 10.1. The van der Waals surface area contributed by atoms with Crippen LogP contribution in [0.4, 0.5) is 5.69 Å². The van der Waals surface area contributed by atoms with Crippen LogP contribution in [0.15, 0.2) is 41.4 Å². The molecule has 2 heterocycles. The third-order valence-electron chi connectivity index (χ3n) is 3.85. The molecular formula is C16H18Cl2N3O. The summed E-state index contributed by atoms with van der Waals surface area (Å²) in [6, 6.07) is 8.18. The normalized spacial score (nSPS) is 19.0. The van der Waals surface area contributed by atoms with Gasteiger partial charge in [-0.05, 0) is 31.3 Å². The summed E-state index contributed by atoms with van der Waals surface area (Å²) in [6.45, 7) is 4.25. The van der Waals surface area contributed by atoms with Crippen LogP contribution < -0.4 is 10.2 Å². The highest BCUT2D eigenvalue weighted by Gasteiger charge is 2.17. The van der Waals surface area contributed by atoms with E-state index in [0.29, 0.717) is 5.70 Å². The number of halogens is 2. The van der Waals surface area contributed by atoms with Crippen molar-refractivity contribution in [3.8, 4) is 0 Å². The van der Waals surface area contributed by atoms with Gasteiger partial charge in [0, 0.05) is 37.4 Å². The molecule has 1 fully saturated rings. The van der Waals surface area contributed by atoms with E-state index >= 15 is 0 Å². The minimum atomic E-state index is -0.377. The van der Waals surface area contributed by atoms with Gasteiger partial charge in [-0.2, -0.15) is 0 Å². The Morgan fingerprint density at radius 1 is 1.05 bits per heavy atom. The maximum absolute atomic E-state index is 11.5. The van der Waals surface area contributed by atoms with Crippen LogP contribution in [-0.2, 0) is 4.79 Å². The van der Waals surface area contributed by atoms with Crippen LogP contribution in [-0.4, -0.2) is 44.0 Å². The zero-order chi connectivity index (χ0) is 14.8. The lowest BCUT2D eigenvalue weighted by atomic mass is 10.1. The van der Waals surface area contributed by atoms with E-state index in [1.165, 1.54) is 5.69 Å². The first-order valence-electron chi connectivity index (χ1n) is 7.01. The number of carbonyl (C=O) groups excluding carboxylic acids is 1. The van der Waals surface area contributed by atoms with Gasteiger partial charge in [0.2, 0.25) is 0 Å². The van der Waals surface area contributed by atoms with E-state index in [1.54, 1.807) is 12.2 Å². The first kappa shape index (κ1) is 16.9. The van der Waals surface area contributed by atoms with Crippen LogP contribution in [0, 0.1) is 0 Å². The van der Waals surface area contributed by atoms with Gasteiger partial charge in [-0.3, -0.25) is 4.79 Å². The zero-order valence-electron chi connectivity index (χ0n) is 12.3. The molecule has 117 valence electrons. The maximum Gasteiger partial charge on any atom is 0.289 e. The fraction of sp³-hybridized carbons (Fsp3) is 0.312. The standard InChI is InChI=1S/C16H17ClN3O.ClH/c1-19-8-10-20(11-9-19)13-4-2-12(3-5-13)15-7-6-14(17)16(21)18-15;/h2-7H,8-11H2,1H3;1H. The third-order valence-corrected chi connectivity index (χ3v) is 4.13. The smallest absolute Gasteiger partial charge is 0.289 e. The molecule has 0 aromatic heterocycles. The Labute approximate surface area is 141 Å². The van der Waals surface area contributed by atoms with Crippen molar-refractivity contribution in [2.45, 2.75) is 0 Å². The monoisotopic (exact) mass is 338 g/mol. The highest BCUT2D eigenvalue weighted by atomic mass is 35.5. The van der Waals surface area contributed by atoms with Crippen molar-refractivity contribution in [3.05, 3.63) is 47.0 Å². The van der Waals surface area contributed by atoms with E-state index in [2.05, 4.69) is 34.3 Å². The second kappa shape index (κ2) is 7.18. The second-order valence-corrected chi connectivity index (χ2v) is 5.73. The number of benzene rings is 1. The number of nitrogens with zero attached hydrogens (tertiary/aromatic N) is 3. The lowest BCUT2D eigenvalue weighted by Gasteiger charge is -2.34. The number of anilines is 1. The van der Waals surface area contributed by atoms with E-state index in [0.717, 1.165) is 31.7 Å². The fourth-order valence-electron chi connectivity index (χ4n) is 2.49. The van der Waals surface area contributed by atoms with E-state index in [-0.39, 0.29) is 23.3 Å². The molecule has 2 aliphatic heterocycles. The largest absolute Gasteiger partial charge is 0.369 e. The summed E-state index contributed by atoms with van der Waals surface area (Å²) >= 11 is 5.72. The average Bonchev–Trinajstić information content (AvgIpc) is 2.51. The number of hydrogen-bond acceptors (Lipinski definition) is 3. The first-order valence-corrected chi connectivity index (χ1v) is 7.39. The van der Waals surface area contributed by atoms with Gasteiger partial charge >= 0.3 is 0 Å². The van der Waals surface area contributed by atoms with Gasteiger partial charge < -0.3 is 9.80 Å². The molecule has 0 bridgehead atoms. The van der Waals surface area contributed by atoms with Crippen molar-refractivity contribution < 1.29 is 4.79 Å². The van der Waals surface area contributed by atoms with Crippen LogP contribution >= 0.6 is 24.0 Å². The molecule has 0 spiro atoms. The third kappa shape index (κ3) is 3.64. The molecule has 1 saturated heterocycles. The van der Waals surface area contributed by atoms with Crippen LogP contribution in [0.25, 0.3) is 5.70 Å². The average molecular weight is 339 g/mol.